The zero-order valence-corrected chi connectivity index (χ0v) is 16.9. The number of aromatic nitrogens is 1. The summed E-state index contributed by atoms with van der Waals surface area (Å²) < 4.78 is 1.96. The molecule has 6 nitrogen and oxygen atoms in total. The fourth-order valence-electron chi connectivity index (χ4n) is 3.95. The zero-order chi connectivity index (χ0) is 21.4. The summed E-state index contributed by atoms with van der Waals surface area (Å²) in [5.41, 5.74) is 2.92. The Morgan fingerprint density at radius 1 is 0.903 bits per heavy atom. The predicted molar refractivity (Wildman–Crippen MR) is 119 cm³/mol. The number of hydrazone groups is 1. The molecule has 0 spiro atoms. The first-order valence-corrected chi connectivity index (χ1v) is 10.0. The van der Waals surface area contributed by atoms with Crippen LogP contribution in [0.25, 0.3) is 10.9 Å². The minimum absolute atomic E-state index is 0.297. The van der Waals surface area contributed by atoms with Gasteiger partial charge in [0.1, 0.15) is 0 Å². The van der Waals surface area contributed by atoms with Crippen LogP contribution in [0.4, 0.5) is 0 Å². The standard InChI is InChI=1S/C25H20N4O2/c1-28-16-20(19-14-8-9-15-21(19)28)22-24(30)26-23(17-10-4-2-5-11-17)27-29(22)25(31)18-12-6-3-7-13-18/h2-16,22H,1H3,(H,26,27,30)/t22-/m1/s1. The van der Waals surface area contributed by atoms with E-state index in [1.807, 2.05) is 78.5 Å². The number of carbonyl (C=O) groups excluding carboxylic acids is 2. The fourth-order valence-corrected chi connectivity index (χ4v) is 3.95. The second-order valence-electron chi connectivity index (χ2n) is 7.43. The second-order valence-corrected chi connectivity index (χ2v) is 7.43. The lowest BCUT2D eigenvalue weighted by Crippen LogP contribution is -2.49. The van der Waals surface area contributed by atoms with Crippen molar-refractivity contribution in [1.82, 2.24) is 14.9 Å². The van der Waals surface area contributed by atoms with Crippen molar-refractivity contribution in [2.75, 3.05) is 0 Å². The molecule has 0 bridgehead atoms. The van der Waals surface area contributed by atoms with Crippen LogP contribution >= 0.6 is 0 Å². The van der Waals surface area contributed by atoms with Gasteiger partial charge in [0.25, 0.3) is 11.8 Å². The molecule has 1 atom stereocenters. The number of amidine groups is 1. The number of para-hydroxylation sites is 1. The van der Waals surface area contributed by atoms with E-state index in [9.17, 15) is 9.59 Å². The van der Waals surface area contributed by atoms with Crippen LogP contribution in [-0.2, 0) is 11.8 Å². The lowest BCUT2D eigenvalue weighted by Gasteiger charge is -2.31. The molecule has 152 valence electrons. The molecular weight excluding hydrogens is 388 g/mol. The first-order chi connectivity index (χ1) is 15.1. The summed E-state index contributed by atoms with van der Waals surface area (Å²) in [4.78, 5) is 26.9. The lowest BCUT2D eigenvalue weighted by atomic mass is 10.0. The lowest BCUT2D eigenvalue weighted by molar-refractivity contribution is -0.125. The smallest absolute Gasteiger partial charge is 0.275 e. The summed E-state index contributed by atoms with van der Waals surface area (Å²) in [6.45, 7) is 0. The highest BCUT2D eigenvalue weighted by atomic mass is 16.2. The highest BCUT2D eigenvalue weighted by Crippen LogP contribution is 2.33. The van der Waals surface area contributed by atoms with Crippen molar-refractivity contribution in [1.29, 1.82) is 0 Å². The molecule has 5 rings (SSSR count). The van der Waals surface area contributed by atoms with Gasteiger partial charge in [-0.2, -0.15) is 0 Å². The number of carbonyl (C=O) groups is 2. The Morgan fingerprint density at radius 2 is 1.55 bits per heavy atom. The van der Waals surface area contributed by atoms with Gasteiger partial charge >= 0.3 is 0 Å². The third kappa shape index (κ3) is 3.28. The van der Waals surface area contributed by atoms with E-state index < -0.39 is 6.04 Å². The van der Waals surface area contributed by atoms with Gasteiger partial charge in [-0.05, 0) is 18.2 Å². The quantitative estimate of drug-likeness (QED) is 0.560. The molecule has 0 saturated heterocycles. The molecule has 0 aliphatic carbocycles. The molecule has 2 amide bonds. The van der Waals surface area contributed by atoms with E-state index in [1.165, 1.54) is 5.01 Å². The van der Waals surface area contributed by atoms with Crippen LogP contribution in [0.15, 0.2) is 96.2 Å². The number of hydrogen-bond donors (Lipinski definition) is 1. The number of fused-ring (bicyclic) bond motifs is 1. The number of amides is 2. The van der Waals surface area contributed by atoms with E-state index in [0.29, 0.717) is 11.4 Å². The SMILES string of the molecule is Cn1cc([C@@H]2C(=O)NC(c3ccccc3)=NN2C(=O)c2ccccc2)c2ccccc21. The van der Waals surface area contributed by atoms with E-state index >= 15 is 0 Å². The maximum atomic E-state index is 13.5. The van der Waals surface area contributed by atoms with Crippen molar-refractivity contribution in [3.63, 3.8) is 0 Å². The summed E-state index contributed by atoms with van der Waals surface area (Å²) in [5.74, 6) is -0.275. The molecule has 31 heavy (non-hydrogen) atoms. The van der Waals surface area contributed by atoms with Crippen LogP contribution < -0.4 is 5.32 Å². The third-order valence-electron chi connectivity index (χ3n) is 5.44. The van der Waals surface area contributed by atoms with Crippen LogP contribution in [-0.4, -0.2) is 27.2 Å². The van der Waals surface area contributed by atoms with Crippen molar-refractivity contribution in [3.8, 4) is 0 Å². The third-order valence-corrected chi connectivity index (χ3v) is 5.44. The molecule has 4 aromatic rings. The Bertz CT molecular complexity index is 1310. The number of benzene rings is 3. The van der Waals surface area contributed by atoms with Crippen LogP contribution in [0.2, 0.25) is 0 Å². The number of nitrogens with zero attached hydrogens (tertiary/aromatic N) is 3. The minimum Gasteiger partial charge on any atom is -0.350 e. The second kappa shape index (κ2) is 7.57. The topological polar surface area (TPSA) is 66.7 Å². The number of nitrogens with one attached hydrogen (secondary N) is 1. The molecule has 0 unspecified atom stereocenters. The summed E-state index contributed by atoms with van der Waals surface area (Å²) in [6.07, 6.45) is 1.89. The van der Waals surface area contributed by atoms with Gasteiger partial charge < -0.3 is 9.88 Å². The van der Waals surface area contributed by atoms with Gasteiger partial charge in [0.05, 0.1) is 0 Å². The molecule has 1 N–H and O–H groups in total. The van der Waals surface area contributed by atoms with E-state index in [-0.39, 0.29) is 11.8 Å². The normalized spacial score (nSPS) is 16.2. The number of aryl methyl sites for hydroxylation is 1. The zero-order valence-electron chi connectivity index (χ0n) is 16.9. The number of rotatable bonds is 3. The Labute approximate surface area is 179 Å². The molecule has 0 radical (unpaired) electrons. The molecule has 0 saturated carbocycles. The van der Waals surface area contributed by atoms with E-state index in [0.717, 1.165) is 22.0 Å². The molecule has 1 aromatic heterocycles. The molecule has 1 aliphatic heterocycles. The first-order valence-electron chi connectivity index (χ1n) is 10.0. The van der Waals surface area contributed by atoms with Crippen LogP contribution in [0, 0.1) is 0 Å². The average molecular weight is 408 g/mol. The summed E-state index contributed by atoms with van der Waals surface area (Å²) >= 11 is 0. The van der Waals surface area contributed by atoms with Gasteiger partial charge in [-0.1, -0.05) is 66.7 Å². The summed E-state index contributed by atoms with van der Waals surface area (Å²) in [5, 5.41) is 9.73. The van der Waals surface area contributed by atoms with Crippen LogP contribution in [0.3, 0.4) is 0 Å². The molecular formula is C25H20N4O2. The number of hydrogen-bond acceptors (Lipinski definition) is 3. The molecule has 3 aromatic carbocycles. The molecule has 6 heteroatoms. The largest absolute Gasteiger partial charge is 0.350 e. The summed E-state index contributed by atoms with van der Waals surface area (Å²) in [6, 6.07) is 25.2. The molecule has 2 heterocycles. The maximum Gasteiger partial charge on any atom is 0.275 e. The van der Waals surface area contributed by atoms with Crippen molar-refractivity contribution in [2.45, 2.75) is 6.04 Å². The van der Waals surface area contributed by atoms with Crippen molar-refractivity contribution in [3.05, 3.63) is 108 Å². The Kier molecular flexibility index (Phi) is 4.59. The predicted octanol–water partition coefficient (Wildman–Crippen LogP) is 3.85. The molecule has 1 aliphatic rings. The average Bonchev–Trinajstić information content (AvgIpc) is 3.15. The van der Waals surface area contributed by atoms with E-state index in [4.69, 9.17) is 0 Å². The highest BCUT2D eigenvalue weighted by Gasteiger charge is 2.38. The fraction of sp³-hybridized carbons (Fsp3) is 0.0800. The van der Waals surface area contributed by atoms with E-state index in [1.54, 1.807) is 24.3 Å². The van der Waals surface area contributed by atoms with Gasteiger partial charge in [-0.15, -0.1) is 5.10 Å². The minimum atomic E-state index is -0.883. The van der Waals surface area contributed by atoms with Gasteiger partial charge in [0, 0.05) is 40.8 Å². The first kappa shape index (κ1) is 18.8. The van der Waals surface area contributed by atoms with Gasteiger partial charge in [-0.25, -0.2) is 5.01 Å². The van der Waals surface area contributed by atoms with E-state index in [2.05, 4.69) is 10.4 Å². The Hall–Kier alpha value is -4.19. The Morgan fingerprint density at radius 3 is 2.29 bits per heavy atom. The van der Waals surface area contributed by atoms with Crippen molar-refractivity contribution >= 4 is 28.6 Å². The summed E-state index contributed by atoms with van der Waals surface area (Å²) in [7, 11) is 1.93. The highest BCUT2D eigenvalue weighted by molar-refractivity contribution is 6.13. The van der Waals surface area contributed by atoms with Gasteiger partial charge in [0.2, 0.25) is 0 Å². The monoisotopic (exact) mass is 408 g/mol. The van der Waals surface area contributed by atoms with Crippen LogP contribution in [0.5, 0.6) is 0 Å². The van der Waals surface area contributed by atoms with Crippen molar-refractivity contribution < 1.29 is 9.59 Å². The van der Waals surface area contributed by atoms with Crippen molar-refractivity contribution in [2.24, 2.45) is 12.1 Å². The maximum absolute atomic E-state index is 13.5. The van der Waals surface area contributed by atoms with Gasteiger partial charge in [-0.3, -0.25) is 9.59 Å². The Balaban J connectivity index is 1.68. The van der Waals surface area contributed by atoms with Crippen LogP contribution in [0.1, 0.15) is 27.5 Å². The molecule has 0 fully saturated rings. The van der Waals surface area contributed by atoms with Gasteiger partial charge in [0.15, 0.2) is 11.9 Å².